The number of aliphatic hydroxyl groups is 1. The average Bonchev–Trinajstić information content (AvgIpc) is 2.91. The van der Waals surface area contributed by atoms with Crippen LogP contribution in [0.15, 0.2) is 0 Å². The number of aliphatic hydroxyl groups excluding tert-OH is 1. The monoisotopic (exact) mass is 241 g/mol. The van der Waals surface area contributed by atoms with Gasteiger partial charge in [-0.15, -0.1) is 0 Å². The van der Waals surface area contributed by atoms with E-state index in [9.17, 15) is 5.11 Å². The predicted octanol–water partition coefficient (Wildman–Crippen LogP) is 0.683. The number of nitrogens with one attached hydrogen (secondary N) is 1. The molecule has 17 heavy (non-hydrogen) atoms. The van der Waals surface area contributed by atoms with Crippen molar-refractivity contribution in [3.63, 3.8) is 0 Å². The Kier molecular flexibility index (Phi) is 3.66. The molecule has 3 rings (SSSR count). The second kappa shape index (κ2) is 5.22. The van der Waals surface area contributed by atoms with Crippen LogP contribution >= 0.6 is 0 Å². The maximum Gasteiger partial charge on any atom is 0.0897 e. The quantitative estimate of drug-likeness (QED) is 0.688. The maximum atomic E-state index is 9.78. The molecule has 2 bridgehead atoms. The smallest absolute Gasteiger partial charge is 0.0897 e. The highest BCUT2D eigenvalue weighted by molar-refractivity contribution is 4.94. The summed E-state index contributed by atoms with van der Waals surface area (Å²) in [5, 5.41) is 13.2. The lowest BCUT2D eigenvalue weighted by Gasteiger charge is -2.21. The van der Waals surface area contributed by atoms with Gasteiger partial charge in [0.15, 0.2) is 0 Å². The molecule has 0 aromatic heterocycles. The van der Waals surface area contributed by atoms with Gasteiger partial charge >= 0.3 is 0 Å². The van der Waals surface area contributed by atoms with E-state index in [4.69, 9.17) is 9.47 Å². The minimum atomic E-state index is -0.382. The molecular formula is C13H23NO3. The number of rotatable bonds is 7. The van der Waals surface area contributed by atoms with Crippen molar-refractivity contribution in [1.29, 1.82) is 0 Å². The van der Waals surface area contributed by atoms with Crippen molar-refractivity contribution in [2.24, 2.45) is 5.92 Å². The SMILES string of the molecule is OC(CNC1CC2CCC1O2)COCC1CC1. The van der Waals surface area contributed by atoms with Crippen LogP contribution in [-0.4, -0.2) is 49.2 Å². The minimum absolute atomic E-state index is 0.382. The van der Waals surface area contributed by atoms with Crippen molar-refractivity contribution in [3.05, 3.63) is 0 Å². The molecule has 3 aliphatic rings. The van der Waals surface area contributed by atoms with Crippen LogP contribution in [0.4, 0.5) is 0 Å². The summed E-state index contributed by atoms with van der Waals surface area (Å²) in [5.41, 5.74) is 0. The van der Waals surface area contributed by atoms with Crippen molar-refractivity contribution >= 4 is 0 Å². The molecule has 3 fully saturated rings. The fourth-order valence-electron chi connectivity index (χ4n) is 2.85. The van der Waals surface area contributed by atoms with Crippen molar-refractivity contribution < 1.29 is 14.6 Å². The molecule has 98 valence electrons. The molecule has 0 radical (unpaired) electrons. The second-order valence-corrected chi connectivity index (χ2v) is 5.76. The van der Waals surface area contributed by atoms with Crippen molar-refractivity contribution in [3.8, 4) is 0 Å². The highest BCUT2D eigenvalue weighted by atomic mass is 16.5. The van der Waals surface area contributed by atoms with E-state index in [0.29, 0.717) is 31.4 Å². The molecule has 2 N–H and O–H groups in total. The lowest BCUT2D eigenvalue weighted by Crippen LogP contribution is -2.42. The van der Waals surface area contributed by atoms with E-state index < -0.39 is 0 Å². The summed E-state index contributed by atoms with van der Waals surface area (Å²) < 4.78 is 11.2. The molecule has 1 aliphatic carbocycles. The minimum Gasteiger partial charge on any atom is -0.389 e. The molecule has 0 aromatic carbocycles. The summed E-state index contributed by atoms with van der Waals surface area (Å²) in [4.78, 5) is 0. The van der Waals surface area contributed by atoms with Gasteiger partial charge in [-0.25, -0.2) is 0 Å². The topological polar surface area (TPSA) is 50.7 Å². The summed E-state index contributed by atoms with van der Waals surface area (Å²) in [7, 11) is 0. The third-order valence-electron chi connectivity index (χ3n) is 4.08. The molecule has 0 aromatic rings. The molecule has 1 saturated carbocycles. The molecule has 0 spiro atoms. The van der Waals surface area contributed by atoms with E-state index in [1.54, 1.807) is 0 Å². The zero-order valence-electron chi connectivity index (χ0n) is 10.3. The van der Waals surface area contributed by atoms with E-state index >= 15 is 0 Å². The highest BCUT2D eigenvalue weighted by Crippen LogP contribution is 2.34. The van der Waals surface area contributed by atoms with Crippen LogP contribution < -0.4 is 5.32 Å². The van der Waals surface area contributed by atoms with Gasteiger partial charge in [-0.1, -0.05) is 0 Å². The van der Waals surface area contributed by atoms with Gasteiger partial charge in [0.1, 0.15) is 0 Å². The van der Waals surface area contributed by atoms with Gasteiger partial charge in [-0.3, -0.25) is 0 Å². The van der Waals surface area contributed by atoms with Gasteiger partial charge in [0.05, 0.1) is 24.9 Å². The maximum absolute atomic E-state index is 9.78. The molecule has 0 amide bonds. The first kappa shape index (κ1) is 11.9. The lowest BCUT2D eigenvalue weighted by atomic mass is 9.95. The van der Waals surface area contributed by atoms with Crippen LogP contribution in [-0.2, 0) is 9.47 Å². The molecule has 4 nitrogen and oxygen atoms in total. The van der Waals surface area contributed by atoms with Gasteiger partial charge in [-0.05, 0) is 38.0 Å². The second-order valence-electron chi connectivity index (χ2n) is 5.76. The normalized spacial score (nSPS) is 37.6. The van der Waals surface area contributed by atoms with Crippen LogP contribution in [0, 0.1) is 5.92 Å². The first-order valence-corrected chi connectivity index (χ1v) is 6.96. The Hall–Kier alpha value is -0.160. The number of hydrogen-bond acceptors (Lipinski definition) is 4. The van der Waals surface area contributed by atoms with Crippen molar-refractivity contribution in [2.75, 3.05) is 19.8 Å². The molecule has 2 heterocycles. The molecule has 4 atom stereocenters. The van der Waals surface area contributed by atoms with E-state index in [1.165, 1.54) is 25.7 Å². The lowest BCUT2D eigenvalue weighted by molar-refractivity contribution is 0.0294. The summed E-state index contributed by atoms with van der Waals surface area (Å²) in [6.07, 6.45) is 6.59. The van der Waals surface area contributed by atoms with E-state index in [-0.39, 0.29) is 6.10 Å². The summed E-state index contributed by atoms with van der Waals surface area (Å²) >= 11 is 0. The molecule has 2 saturated heterocycles. The largest absolute Gasteiger partial charge is 0.389 e. The Morgan fingerprint density at radius 1 is 1.29 bits per heavy atom. The number of fused-ring (bicyclic) bond motifs is 2. The zero-order valence-corrected chi connectivity index (χ0v) is 10.3. The van der Waals surface area contributed by atoms with Gasteiger partial charge < -0.3 is 19.9 Å². The van der Waals surface area contributed by atoms with Gasteiger partial charge in [0.25, 0.3) is 0 Å². The number of ether oxygens (including phenoxy) is 2. The Labute approximate surface area is 103 Å². The Morgan fingerprint density at radius 2 is 2.18 bits per heavy atom. The predicted molar refractivity (Wildman–Crippen MR) is 63.9 cm³/mol. The van der Waals surface area contributed by atoms with Crippen LogP contribution in [0.1, 0.15) is 32.1 Å². The van der Waals surface area contributed by atoms with Crippen LogP contribution in [0.5, 0.6) is 0 Å². The highest BCUT2D eigenvalue weighted by Gasteiger charge is 2.40. The average molecular weight is 241 g/mol. The van der Waals surface area contributed by atoms with E-state index in [2.05, 4.69) is 5.32 Å². The van der Waals surface area contributed by atoms with Gasteiger partial charge in [-0.2, -0.15) is 0 Å². The van der Waals surface area contributed by atoms with Crippen molar-refractivity contribution in [1.82, 2.24) is 5.32 Å². The zero-order chi connectivity index (χ0) is 11.7. The standard InChI is InChI=1S/C13H23NO3/c15-10(8-16-7-9-1-2-9)6-14-12-5-11-3-4-13(12)17-11/h9-15H,1-8H2. The molecule has 4 heteroatoms. The van der Waals surface area contributed by atoms with Crippen LogP contribution in [0.3, 0.4) is 0 Å². The fraction of sp³-hybridized carbons (Fsp3) is 1.00. The summed E-state index contributed by atoms with van der Waals surface area (Å²) in [6.45, 7) is 1.92. The van der Waals surface area contributed by atoms with E-state index in [1.807, 2.05) is 0 Å². The Morgan fingerprint density at radius 3 is 2.82 bits per heavy atom. The van der Waals surface area contributed by atoms with Gasteiger partial charge in [0, 0.05) is 19.2 Å². The fourth-order valence-corrected chi connectivity index (χ4v) is 2.85. The Bertz CT molecular complexity index is 257. The summed E-state index contributed by atoms with van der Waals surface area (Å²) in [5.74, 6) is 0.772. The molecular weight excluding hydrogens is 218 g/mol. The third kappa shape index (κ3) is 3.19. The number of hydrogen-bond donors (Lipinski definition) is 2. The molecule has 4 unspecified atom stereocenters. The first-order chi connectivity index (χ1) is 8.31. The van der Waals surface area contributed by atoms with Crippen molar-refractivity contribution in [2.45, 2.75) is 56.5 Å². The van der Waals surface area contributed by atoms with Crippen LogP contribution in [0.2, 0.25) is 0 Å². The summed E-state index contributed by atoms with van der Waals surface area (Å²) in [6, 6.07) is 0.451. The molecule has 2 aliphatic heterocycles. The first-order valence-electron chi connectivity index (χ1n) is 6.96. The van der Waals surface area contributed by atoms with E-state index in [0.717, 1.165) is 18.9 Å². The van der Waals surface area contributed by atoms with Crippen LogP contribution in [0.25, 0.3) is 0 Å². The van der Waals surface area contributed by atoms with Gasteiger partial charge in [0.2, 0.25) is 0 Å². The third-order valence-corrected chi connectivity index (χ3v) is 4.08. The Balaban J connectivity index is 1.28.